The third-order valence-corrected chi connectivity index (χ3v) is 4.86. The Morgan fingerprint density at radius 2 is 2.29 bits per heavy atom. The smallest absolute Gasteiger partial charge is 0.255 e. The van der Waals surface area contributed by atoms with Crippen LogP contribution in [0.2, 0.25) is 0 Å². The van der Waals surface area contributed by atoms with Crippen molar-refractivity contribution in [2.75, 3.05) is 7.11 Å². The molecule has 0 aliphatic heterocycles. The van der Waals surface area contributed by atoms with Crippen LogP contribution < -0.4 is 15.8 Å². The molecule has 2 heterocycles. The molecule has 2 saturated carbocycles. The van der Waals surface area contributed by atoms with E-state index < -0.39 is 0 Å². The molecule has 3 N–H and O–H groups in total. The Balaban J connectivity index is 1.55. The van der Waals surface area contributed by atoms with E-state index in [4.69, 9.17) is 10.5 Å². The van der Waals surface area contributed by atoms with Gasteiger partial charge in [-0.3, -0.25) is 4.79 Å². The topological polar surface area (TPSA) is 81.7 Å². The fourth-order valence-corrected chi connectivity index (χ4v) is 3.48. The van der Waals surface area contributed by atoms with E-state index in [1.807, 2.05) is 12.1 Å². The van der Waals surface area contributed by atoms with Crippen LogP contribution in [0.5, 0.6) is 5.75 Å². The monoisotopic (exact) mass is 286 g/mol. The van der Waals surface area contributed by atoms with Crippen molar-refractivity contribution in [3.8, 4) is 5.75 Å². The molecule has 110 valence electrons. The highest BCUT2D eigenvalue weighted by Gasteiger charge is 2.60. The summed E-state index contributed by atoms with van der Waals surface area (Å²) in [6.07, 6.45) is 6.48. The predicted molar refractivity (Wildman–Crippen MR) is 77.3 cm³/mol. The Bertz CT molecular complexity index is 718. The second-order valence-electron chi connectivity index (χ2n) is 6.18. The minimum absolute atomic E-state index is 0.0939. The number of carbonyl (C=O) groups excluding carboxylic acids is 1. The van der Waals surface area contributed by atoms with E-state index in [1.54, 1.807) is 24.0 Å². The molecule has 2 aromatic rings. The van der Waals surface area contributed by atoms with Crippen LogP contribution in [0.1, 0.15) is 29.6 Å². The SMILES string of the molecule is COc1cccn2ncc(C(=O)NC3CC4(C3)CC4N)c12. The number of fused-ring (bicyclic) bond motifs is 1. The van der Waals surface area contributed by atoms with Gasteiger partial charge >= 0.3 is 0 Å². The van der Waals surface area contributed by atoms with Crippen molar-refractivity contribution < 1.29 is 9.53 Å². The molecular formula is C15H18N4O2. The van der Waals surface area contributed by atoms with Crippen LogP contribution in [0.15, 0.2) is 24.5 Å². The summed E-state index contributed by atoms with van der Waals surface area (Å²) in [4.78, 5) is 12.5. The largest absolute Gasteiger partial charge is 0.494 e. The van der Waals surface area contributed by atoms with E-state index in [-0.39, 0.29) is 11.9 Å². The van der Waals surface area contributed by atoms with Crippen molar-refractivity contribution in [3.63, 3.8) is 0 Å². The number of hydrogen-bond donors (Lipinski definition) is 2. The fraction of sp³-hybridized carbons (Fsp3) is 0.467. The molecule has 2 fully saturated rings. The molecule has 0 radical (unpaired) electrons. The van der Waals surface area contributed by atoms with Gasteiger partial charge in [-0.2, -0.15) is 5.10 Å². The Hall–Kier alpha value is -2.08. The molecule has 1 unspecified atom stereocenters. The lowest BCUT2D eigenvalue weighted by Gasteiger charge is -2.36. The number of nitrogens with zero attached hydrogens (tertiary/aromatic N) is 2. The predicted octanol–water partition coefficient (Wildman–Crippen LogP) is 0.952. The van der Waals surface area contributed by atoms with Crippen molar-refractivity contribution in [2.24, 2.45) is 11.1 Å². The average molecular weight is 286 g/mol. The van der Waals surface area contributed by atoms with E-state index in [0.29, 0.717) is 28.3 Å². The number of amides is 1. The van der Waals surface area contributed by atoms with E-state index in [1.165, 1.54) is 0 Å². The Labute approximate surface area is 122 Å². The van der Waals surface area contributed by atoms with Crippen molar-refractivity contribution >= 4 is 11.4 Å². The first-order chi connectivity index (χ1) is 10.1. The van der Waals surface area contributed by atoms with E-state index >= 15 is 0 Å². The first-order valence-electron chi connectivity index (χ1n) is 7.20. The maximum Gasteiger partial charge on any atom is 0.255 e. The molecule has 1 spiro atoms. The number of rotatable bonds is 3. The summed E-state index contributed by atoms with van der Waals surface area (Å²) in [5, 5.41) is 7.28. The molecule has 2 aromatic heterocycles. The summed E-state index contributed by atoms with van der Waals surface area (Å²) in [5.74, 6) is 0.554. The van der Waals surface area contributed by atoms with Crippen molar-refractivity contribution in [2.45, 2.75) is 31.3 Å². The molecule has 0 bridgehead atoms. The van der Waals surface area contributed by atoms with Crippen LogP contribution in [-0.4, -0.2) is 34.7 Å². The van der Waals surface area contributed by atoms with E-state index in [2.05, 4.69) is 10.4 Å². The number of carbonyl (C=O) groups is 1. The third-order valence-electron chi connectivity index (χ3n) is 4.86. The van der Waals surface area contributed by atoms with Gasteiger partial charge in [-0.1, -0.05) is 0 Å². The van der Waals surface area contributed by atoms with Gasteiger partial charge in [0.25, 0.3) is 5.91 Å². The summed E-state index contributed by atoms with van der Waals surface area (Å²) in [7, 11) is 1.59. The van der Waals surface area contributed by atoms with Crippen LogP contribution in [0.25, 0.3) is 5.52 Å². The van der Waals surface area contributed by atoms with Gasteiger partial charge in [0.1, 0.15) is 11.3 Å². The number of nitrogens with one attached hydrogen (secondary N) is 1. The van der Waals surface area contributed by atoms with Crippen molar-refractivity contribution in [1.82, 2.24) is 14.9 Å². The lowest BCUT2D eigenvalue weighted by atomic mass is 9.76. The lowest BCUT2D eigenvalue weighted by Crippen LogP contribution is -2.47. The number of nitrogens with two attached hydrogens (primary N) is 1. The fourth-order valence-electron chi connectivity index (χ4n) is 3.48. The normalized spacial score (nSPS) is 30.2. The van der Waals surface area contributed by atoms with Crippen LogP contribution >= 0.6 is 0 Å². The van der Waals surface area contributed by atoms with E-state index in [0.717, 1.165) is 19.3 Å². The molecule has 6 nitrogen and oxygen atoms in total. The highest BCUT2D eigenvalue weighted by molar-refractivity contribution is 6.02. The minimum Gasteiger partial charge on any atom is -0.494 e. The molecule has 6 heteroatoms. The summed E-state index contributed by atoms with van der Waals surface area (Å²) in [5.41, 5.74) is 7.50. The second kappa shape index (κ2) is 4.21. The quantitative estimate of drug-likeness (QED) is 0.880. The molecule has 2 aliphatic carbocycles. The molecule has 0 saturated heterocycles. The molecule has 21 heavy (non-hydrogen) atoms. The van der Waals surface area contributed by atoms with Gasteiger partial charge in [-0.05, 0) is 36.8 Å². The first-order valence-corrected chi connectivity index (χ1v) is 7.20. The maximum absolute atomic E-state index is 12.5. The van der Waals surface area contributed by atoms with Gasteiger partial charge in [0.05, 0.1) is 18.9 Å². The molecule has 1 atom stereocenters. The van der Waals surface area contributed by atoms with Crippen molar-refractivity contribution in [1.29, 1.82) is 0 Å². The zero-order valence-corrected chi connectivity index (χ0v) is 11.9. The maximum atomic E-state index is 12.5. The van der Waals surface area contributed by atoms with Gasteiger partial charge in [-0.25, -0.2) is 4.52 Å². The highest BCUT2D eigenvalue weighted by atomic mass is 16.5. The Morgan fingerprint density at radius 3 is 2.95 bits per heavy atom. The molecule has 4 rings (SSSR count). The number of methoxy groups -OCH3 is 1. The van der Waals surface area contributed by atoms with Gasteiger partial charge < -0.3 is 15.8 Å². The zero-order valence-electron chi connectivity index (χ0n) is 11.9. The molecule has 1 amide bonds. The Kier molecular flexibility index (Phi) is 2.53. The van der Waals surface area contributed by atoms with Crippen LogP contribution in [0.4, 0.5) is 0 Å². The standard InChI is InChI=1S/C15H18N4O2/c1-21-11-3-2-4-19-13(11)10(8-17-19)14(20)18-9-5-15(6-9)7-12(15)16/h2-4,8-9,12H,5-7,16H2,1H3,(H,18,20). The zero-order chi connectivity index (χ0) is 14.6. The summed E-state index contributed by atoms with van der Waals surface area (Å²) < 4.78 is 6.98. The highest BCUT2D eigenvalue weighted by Crippen LogP contribution is 2.59. The lowest BCUT2D eigenvalue weighted by molar-refractivity contribution is 0.0875. The Morgan fingerprint density at radius 1 is 1.52 bits per heavy atom. The average Bonchev–Trinajstić information content (AvgIpc) is 2.93. The summed E-state index contributed by atoms with van der Waals surface area (Å²) in [6.45, 7) is 0. The number of pyridine rings is 1. The van der Waals surface area contributed by atoms with Crippen molar-refractivity contribution in [3.05, 3.63) is 30.1 Å². The van der Waals surface area contributed by atoms with Gasteiger partial charge in [-0.15, -0.1) is 0 Å². The van der Waals surface area contributed by atoms with Gasteiger partial charge in [0.2, 0.25) is 0 Å². The van der Waals surface area contributed by atoms with Crippen LogP contribution in [-0.2, 0) is 0 Å². The van der Waals surface area contributed by atoms with Crippen LogP contribution in [0.3, 0.4) is 0 Å². The first kappa shape index (κ1) is 12.6. The number of aromatic nitrogens is 2. The second-order valence-corrected chi connectivity index (χ2v) is 6.18. The van der Waals surface area contributed by atoms with Crippen LogP contribution in [0, 0.1) is 5.41 Å². The van der Waals surface area contributed by atoms with E-state index in [9.17, 15) is 4.79 Å². The third kappa shape index (κ3) is 1.82. The minimum atomic E-state index is -0.0939. The molecule has 0 aromatic carbocycles. The summed E-state index contributed by atoms with van der Waals surface area (Å²) >= 11 is 0. The number of ether oxygens (including phenoxy) is 1. The molecular weight excluding hydrogens is 268 g/mol. The number of hydrogen-bond acceptors (Lipinski definition) is 4. The summed E-state index contributed by atoms with van der Waals surface area (Å²) in [6, 6.07) is 4.23. The molecule has 2 aliphatic rings. The van der Waals surface area contributed by atoms with Gasteiger partial charge in [0.15, 0.2) is 0 Å². The van der Waals surface area contributed by atoms with Gasteiger partial charge in [0, 0.05) is 18.3 Å².